The summed E-state index contributed by atoms with van der Waals surface area (Å²) < 4.78 is 5.21. The molecule has 1 atom stereocenters. The van der Waals surface area contributed by atoms with E-state index in [0.717, 1.165) is 37.4 Å². The summed E-state index contributed by atoms with van der Waals surface area (Å²) >= 11 is 0. The monoisotopic (exact) mass is 339 g/mol. The molecule has 1 aromatic heterocycles. The van der Waals surface area contributed by atoms with E-state index in [4.69, 9.17) is 4.74 Å². The van der Waals surface area contributed by atoms with Crippen LogP contribution in [-0.4, -0.2) is 49.6 Å². The number of pyridine rings is 1. The van der Waals surface area contributed by atoms with Crippen molar-refractivity contribution in [3.8, 4) is 5.75 Å². The Labute approximate surface area is 149 Å². The number of nitrogens with zero attached hydrogens (tertiary/aromatic N) is 3. The van der Waals surface area contributed by atoms with Crippen LogP contribution in [0.2, 0.25) is 0 Å². The first-order chi connectivity index (χ1) is 12.1. The second-order valence-corrected chi connectivity index (χ2v) is 6.65. The van der Waals surface area contributed by atoms with Crippen LogP contribution in [0.25, 0.3) is 0 Å². The molecule has 1 amide bonds. The van der Waals surface area contributed by atoms with Crippen molar-refractivity contribution in [1.82, 2.24) is 9.88 Å². The molecule has 0 aliphatic carbocycles. The number of hydrogen-bond acceptors (Lipinski definition) is 4. The summed E-state index contributed by atoms with van der Waals surface area (Å²) in [4.78, 5) is 21.2. The van der Waals surface area contributed by atoms with Crippen molar-refractivity contribution >= 4 is 11.7 Å². The van der Waals surface area contributed by atoms with Gasteiger partial charge in [-0.25, -0.2) is 4.98 Å². The Balaban J connectivity index is 1.70. The summed E-state index contributed by atoms with van der Waals surface area (Å²) in [6.45, 7) is 0.815. The highest BCUT2D eigenvalue weighted by atomic mass is 16.5. The predicted molar refractivity (Wildman–Crippen MR) is 99.3 cm³/mol. The van der Waals surface area contributed by atoms with Crippen LogP contribution >= 0.6 is 0 Å². The summed E-state index contributed by atoms with van der Waals surface area (Å²) in [5, 5.41) is 0. The van der Waals surface area contributed by atoms with E-state index in [-0.39, 0.29) is 11.9 Å². The number of hydrogen-bond donors (Lipinski definition) is 0. The molecule has 1 saturated heterocycles. The Hall–Kier alpha value is -2.56. The van der Waals surface area contributed by atoms with Crippen LogP contribution in [-0.2, 0) is 6.42 Å². The second kappa shape index (κ2) is 7.55. The van der Waals surface area contributed by atoms with Gasteiger partial charge in [-0.15, -0.1) is 0 Å². The Morgan fingerprint density at radius 1 is 1.24 bits per heavy atom. The number of anilines is 1. The maximum absolute atomic E-state index is 12.9. The number of carbonyl (C=O) groups excluding carboxylic acids is 1. The lowest BCUT2D eigenvalue weighted by Crippen LogP contribution is -2.36. The quantitative estimate of drug-likeness (QED) is 0.840. The van der Waals surface area contributed by atoms with Gasteiger partial charge in [0.1, 0.15) is 11.6 Å². The zero-order chi connectivity index (χ0) is 17.8. The van der Waals surface area contributed by atoms with Gasteiger partial charge in [-0.1, -0.05) is 12.1 Å². The standard InChI is InChI=1S/C20H25N3O2/c1-22(2)19-11-8-16(14-21-19)20(24)23-12-4-5-17(23)13-15-6-9-18(25-3)10-7-15/h6-11,14,17H,4-5,12-13H2,1-3H3/t17-/m1/s1. The molecule has 1 aliphatic heterocycles. The van der Waals surface area contributed by atoms with E-state index in [1.807, 2.05) is 48.2 Å². The van der Waals surface area contributed by atoms with Crippen LogP contribution in [0, 0.1) is 0 Å². The first-order valence-electron chi connectivity index (χ1n) is 8.66. The fourth-order valence-corrected chi connectivity index (χ4v) is 3.29. The smallest absolute Gasteiger partial charge is 0.255 e. The zero-order valence-corrected chi connectivity index (χ0v) is 15.1. The molecule has 132 valence electrons. The Morgan fingerprint density at radius 2 is 2.00 bits per heavy atom. The zero-order valence-electron chi connectivity index (χ0n) is 15.1. The third-order valence-electron chi connectivity index (χ3n) is 4.72. The molecule has 0 radical (unpaired) electrons. The van der Waals surface area contributed by atoms with Gasteiger partial charge in [-0.2, -0.15) is 0 Å². The minimum absolute atomic E-state index is 0.0776. The number of likely N-dealkylation sites (tertiary alicyclic amines) is 1. The topological polar surface area (TPSA) is 45.7 Å². The van der Waals surface area contributed by atoms with Gasteiger partial charge in [-0.05, 0) is 49.1 Å². The molecule has 0 N–H and O–H groups in total. The molecular formula is C20H25N3O2. The van der Waals surface area contributed by atoms with Gasteiger partial charge in [0.05, 0.1) is 12.7 Å². The number of amides is 1. The van der Waals surface area contributed by atoms with Gasteiger partial charge < -0.3 is 14.5 Å². The van der Waals surface area contributed by atoms with Crippen LogP contribution in [0.1, 0.15) is 28.8 Å². The Morgan fingerprint density at radius 3 is 2.60 bits per heavy atom. The molecule has 5 nitrogen and oxygen atoms in total. The highest BCUT2D eigenvalue weighted by Crippen LogP contribution is 2.24. The van der Waals surface area contributed by atoms with Crippen LogP contribution in [0.15, 0.2) is 42.6 Å². The molecule has 1 aliphatic rings. The molecule has 0 bridgehead atoms. The molecule has 25 heavy (non-hydrogen) atoms. The van der Waals surface area contributed by atoms with E-state index in [1.165, 1.54) is 5.56 Å². The molecule has 0 saturated carbocycles. The number of ether oxygens (including phenoxy) is 1. The van der Waals surface area contributed by atoms with Crippen molar-refractivity contribution < 1.29 is 9.53 Å². The van der Waals surface area contributed by atoms with Gasteiger partial charge in [0.15, 0.2) is 0 Å². The fourth-order valence-electron chi connectivity index (χ4n) is 3.29. The van der Waals surface area contributed by atoms with Crippen LogP contribution < -0.4 is 9.64 Å². The lowest BCUT2D eigenvalue weighted by Gasteiger charge is -2.25. The first-order valence-corrected chi connectivity index (χ1v) is 8.66. The van der Waals surface area contributed by atoms with Crippen molar-refractivity contribution in [3.05, 3.63) is 53.7 Å². The second-order valence-electron chi connectivity index (χ2n) is 6.65. The van der Waals surface area contributed by atoms with Crippen molar-refractivity contribution in [2.45, 2.75) is 25.3 Å². The maximum Gasteiger partial charge on any atom is 0.255 e. The van der Waals surface area contributed by atoms with Crippen LogP contribution in [0.3, 0.4) is 0 Å². The van der Waals surface area contributed by atoms with Crippen molar-refractivity contribution in [3.63, 3.8) is 0 Å². The van der Waals surface area contributed by atoms with E-state index in [0.29, 0.717) is 5.56 Å². The summed E-state index contributed by atoms with van der Waals surface area (Å²) in [6, 6.07) is 12.1. The Kier molecular flexibility index (Phi) is 5.22. The highest BCUT2D eigenvalue weighted by Gasteiger charge is 2.29. The molecular weight excluding hydrogens is 314 g/mol. The van der Waals surface area contributed by atoms with Gasteiger partial charge in [0.25, 0.3) is 5.91 Å². The number of benzene rings is 1. The number of carbonyl (C=O) groups is 1. The van der Waals surface area contributed by atoms with E-state index in [1.54, 1.807) is 13.3 Å². The van der Waals surface area contributed by atoms with Crippen LogP contribution in [0.4, 0.5) is 5.82 Å². The van der Waals surface area contributed by atoms with Gasteiger partial charge in [0.2, 0.25) is 0 Å². The molecule has 2 heterocycles. The summed E-state index contributed by atoms with van der Waals surface area (Å²) in [6.07, 6.45) is 4.65. The molecule has 5 heteroatoms. The van der Waals surface area contributed by atoms with E-state index in [2.05, 4.69) is 17.1 Å². The Bertz CT molecular complexity index is 711. The van der Waals surface area contributed by atoms with E-state index < -0.39 is 0 Å². The van der Waals surface area contributed by atoms with Gasteiger partial charge in [-0.3, -0.25) is 4.79 Å². The predicted octanol–water partition coefficient (Wildman–Crippen LogP) is 3.00. The molecule has 1 aromatic carbocycles. The minimum Gasteiger partial charge on any atom is -0.497 e. The van der Waals surface area contributed by atoms with Crippen LogP contribution in [0.5, 0.6) is 5.75 Å². The van der Waals surface area contributed by atoms with Gasteiger partial charge >= 0.3 is 0 Å². The number of rotatable bonds is 5. The third kappa shape index (κ3) is 3.92. The van der Waals surface area contributed by atoms with Crippen molar-refractivity contribution in [2.75, 3.05) is 32.6 Å². The highest BCUT2D eigenvalue weighted by molar-refractivity contribution is 5.94. The maximum atomic E-state index is 12.9. The van der Waals surface area contributed by atoms with Crippen molar-refractivity contribution in [2.24, 2.45) is 0 Å². The lowest BCUT2D eigenvalue weighted by atomic mass is 10.0. The number of aromatic nitrogens is 1. The molecule has 2 aromatic rings. The first kappa shape index (κ1) is 17.3. The van der Waals surface area contributed by atoms with Gasteiger partial charge in [0, 0.05) is 32.9 Å². The normalized spacial score (nSPS) is 16.8. The molecule has 0 spiro atoms. The SMILES string of the molecule is COc1ccc(C[C@H]2CCCN2C(=O)c2ccc(N(C)C)nc2)cc1. The summed E-state index contributed by atoms with van der Waals surface area (Å²) in [7, 11) is 5.55. The van der Waals surface area contributed by atoms with E-state index in [9.17, 15) is 4.79 Å². The summed E-state index contributed by atoms with van der Waals surface area (Å²) in [5.74, 6) is 1.79. The molecule has 0 unspecified atom stereocenters. The molecule has 1 fully saturated rings. The lowest BCUT2D eigenvalue weighted by molar-refractivity contribution is 0.0736. The molecule has 3 rings (SSSR count). The fraction of sp³-hybridized carbons (Fsp3) is 0.400. The third-order valence-corrected chi connectivity index (χ3v) is 4.72. The summed E-state index contributed by atoms with van der Waals surface area (Å²) in [5.41, 5.74) is 1.89. The average Bonchev–Trinajstić information content (AvgIpc) is 3.10. The van der Waals surface area contributed by atoms with E-state index >= 15 is 0 Å². The number of methoxy groups -OCH3 is 1. The average molecular weight is 339 g/mol. The largest absolute Gasteiger partial charge is 0.497 e. The minimum atomic E-state index is 0.0776. The van der Waals surface area contributed by atoms with Crippen molar-refractivity contribution in [1.29, 1.82) is 0 Å².